The van der Waals surface area contributed by atoms with E-state index in [0.717, 1.165) is 5.56 Å². The van der Waals surface area contributed by atoms with Crippen LogP contribution in [0.1, 0.15) is 25.5 Å². The number of hydrogen-bond donors (Lipinski definition) is 1. The van der Waals surface area contributed by atoms with Crippen LogP contribution < -0.4 is 5.73 Å². The number of carbonyl (C=O) groups is 1. The third-order valence-corrected chi connectivity index (χ3v) is 3.20. The summed E-state index contributed by atoms with van der Waals surface area (Å²) in [6, 6.07) is 7.42. The molecule has 2 atom stereocenters. The number of primary amides is 1. The van der Waals surface area contributed by atoms with E-state index in [1.807, 2.05) is 43.1 Å². The molecule has 0 fully saturated rings. The quantitative estimate of drug-likeness (QED) is 0.877. The van der Waals surface area contributed by atoms with Gasteiger partial charge in [-0.2, -0.15) is 0 Å². The van der Waals surface area contributed by atoms with E-state index in [1.54, 1.807) is 6.92 Å². The number of rotatable bonds is 4. The second-order valence-electron chi connectivity index (χ2n) is 3.97. The molecule has 0 aliphatic rings. The Hall–Kier alpha value is -1.06. The SMILES string of the molecule is CC(C(N)=O)N(C)C(C)c1cccc(Cl)c1. The number of carbonyl (C=O) groups excluding carboxylic acids is 1. The van der Waals surface area contributed by atoms with Gasteiger partial charge in [-0.25, -0.2) is 0 Å². The van der Waals surface area contributed by atoms with Crippen LogP contribution in [-0.2, 0) is 4.79 Å². The Morgan fingerprint density at radius 1 is 1.44 bits per heavy atom. The van der Waals surface area contributed by atoms with E-state index in [9.17, 15) is 4.79 Å². The molecule has 0 aromatic heterocycles. The molecular weight excluding hydrogens is 224 g/mol. The molecule has 2 N–H and O–H groups in total. The first kappa shape index (κ1) is 13.0. The van der Waals surface area contributed by atoms with Crippen molar-refractivity contribution in [3.8, 4) is 0 Å². The van der Waals surface area contributed by atoms with Crippen LogP contribution in [0.5, 0.6) is 0 Å². The van der Waals surface area contributed by atoms with Crippen molar-refractivity contribution in [3.63, 3.8) is 0 Å². The van der Waals surface area contributed by atoms with Gasteiger partial charge in [0.15, 0.2) is 0 Å². The molecular formula is C12H17ClN2O. The Kier molecular flexibility index (Phi) is 4.33. The Labute approximate surface area is 101 Å². The van der Waals surface area contributed by atoms with E-state index in [-0.39, 0.29) is 18.0 Å². The minimum Gasteiger partial charge on any atom is -0.368 e. The minimum absolute atomic E-state index is 0.0983. The molecule has 2 unspecified atom stereocenters. The molecule has 0 radical (unpaired) electrons. The zero-order valence-electron chi connectivity index (χ0n) is 9.77. The van der Waals surface area contributed by atoms with Crippen LogP contribution in [0.2, 0.25) is 5.02 Å². The van der Waals surface area contributed by atoms with Gasteiger partial charge in [0, 0.05) is 11.1 Å². The molecule has 3 nitrogen and oxygen atoms in total. The monoisotopic (exact) mass is 240 g/mol. The summed E-state index contributed by atoms with van der Waals surface area (Å²) in [5, 5.41) is 0.699. The second-order valence-corrected chi connectivity index (χ2v) is 4.41. The number of benzene rings is 1. The molecule has 0 bridgehead atoms. The topological polar surface area (TPSA) is 46.3 Å². The highest BCUT2D eigenvalue weighted by molar-refractivity contribution is 6.30. The molecule has 0 aliphatic heterocycles. The second kappa shape index (κ2) is 5.32. The highest BCUT2D eigenvalue weighted by atomic mass is 35.5. The highest BCUT2D eigenvalue weighted by Crippen LogP contribution is 2.23. The maximum Gasteiger partial charge on any atom is 0.234 e. The zero-order valence-corrected chi connectivity index (χ0v) is 10.5. The van der Waals surface area contributed by atoms with Gasteiger partial charge < -0.3 is 5.73 Å². The predicted molar refractivity (Wildman–Crippen MR) is 66.3 cm³/mol. The average molecular weight is 241 g/mol. The van der Waals surface area contributed by atoms with Crippen molar-refractivity contribution in [1.29, 1.82) is 0 Å². The van der Waals surface area contributed by atoms with Gasteiger partial charge in [-0.15, -0.1) is 0 Å². The van der Waals surface area contributed by atoms with Gasteiger partial charge >= 0.3 is 0 Å². The van der Waals surface area contributed by atoms with Gasteiger partial charge in [0.1, 0.15) is 0 Å². The first-order valence-corrected chi connectivity index (χ1v) is 5.58. The summed E-state index contributed by atoms with van der Waals surface area (Å²) < 4.78 is 0. The van der Waals surface area contributed by atoms with E-state index in [0.29, 0.717) is 5.02 Å². The average Bonchev–Trinajstić information content (AvgIpc) is 2.26. The van der Waals surface area contributed by atoms with Gasteiger partial charge in [-0.3, -0.25) is 9.69 Å². The Bertz CT molecular complexity index is 381. The van der Waals surface area contributed by atoms with E-state index in [2.05, 4.69) is 0 Å². The normalized spacial score (nSPS) is 14.8. The van der Waals surface area contributed by atoms with Gasteiger partial charge in [0.2, 0.25) is 5.91 Å². The van der Waals surface area contributed by atoms with E-state index >= 15 is 0 Å². The van der Waals surface area contributed by atoms with Gasteiger partial charge in [0.25, 0.3) is 0 Å². The Morgan fingerprint density at radius 3 is 2.56 bits per heavy atom. The maximum absolute atomic E-state index is 11.1. The van der Waals surface area contributed by atoms with Crippen LogP contribution in [0.4, 0.5) is 0 Å². The summed E-state index contributed by atoms with van der Waals surface area (Å²) in [5.41, 5.74) is 6.35. The maximum atomic E-state index is 11.1. The molecule has 0 heterocycles. The van der Waals surface area contributed by atoms with Crippen LogP contribution in [0, 0.1) is 0 Å². The number of likely N-dealkylation sites (N-methyl/N-ethyl adjacent to an activating group) is 1. The fraction of sp³-hybridized carbons (Fsp3) is 0.417. The molecule has 16 heavy (non-hydrogen) atoms. The fourth-order valence-corrected chi connectivity index (χ4v) is 1.74. The summed E-state index contributed by atoms with van der Waals surface area (Å²) >= 11 is 5.93. The summed E-state index contributed by atoms with van der Waals surface area (Å²) in [4.78, 5) is 13.0. The number of amides is 1. The van der Waals surface area contributed by atoms with E-state index in [1.165, 1.54) is 0 Å². The van der Waals surface area contributed by atoms with Crippen LogP contribution >= 0.6 is 11.6 Å². The number of nitrogens with zero attached hydrogens (tertiary/aromatic N) is 1. The zero-order chi connectivity index (χ0) is 12.3. The van der Waals surface area contributed by atoms with Gasteiger partial charge in [-0.05, 0) is 38.6 Å². The summed E-state index contributed by atoms with van der Waals surface area (Å²) in [7, 11) is 1.88. The third kappa shape index (κ3) is 2.97. The smallest absolute Gasteiger partial charge is 0.234 e. The van der Waals surface area contributed by atoms with Crippen LogP contribution in [0.3, 0.4) is 0 Å². The summed E-state index contributed by atoms with van der Waals surface area (Å²) in [6.07, 6.45) is 0. The van der Waals surface area contributed by atoms with E-state index in [4.69, 9.17) is 17.3 Å². The lowest BCUT2D eigenvalue weighted by Gasteiger charge is -2.29. The van der Waals surface area contributed by atoms with E-state index < -0.39 is 0 Å². The molecule has 4 heteroatoms. The Balaban J connectivity index is 2.85. The van der Waals surface area contributed by atoms with Crippen LogP contribution in [0.15, 0.2) is 24.3 Å². The standard InChI is InChI=1S/C12H17ClN2O/c1-8(15(3)9(2)12(14)16)10-5-4-6-11(13)7-10/h4-9H,1-3H3,(H2,14,16). The molecule has 1 aromatic rings. The van der Waals surface area contributed by atoms with Crippen molar-refractivity contribution in [1.82, 2.24) is 4.90 Å². The molecule has 0 aliphatic carbocycles. The van der Waals surface area contributed by atoms with Crippen LogP contribution in [-0.4, -0.2) is 23.9 Å². The lowest BCUT2D eigenvalue weighted by Crippen LogP contribution is -2.41. The largest absolute Gasteiger partial charge is 0.368 e. The summed E-state index contributed by atoms with van der Waals surface area (Å²) in [5.74, 6) is -0.323. The number of nitrogens with two attached hydrogens (primary N) is 1. The lowest BCUT2D eigenvalue weighted by molar-refractivity contribution is -0.122. The van der Waals surface area contributed by atoms with Crippen molar-refractivity contribution >= 4 is 17.5 Å². The minimum atomic E-state index is -0.323. The molecule has 0 spiro atoms. The fourth-order valence-electron chi connectivity index (χ4n) is 1.54. The molecule has 1 rings (SSSR count). The number of hydrogen-bond acceptors (Lipinski definition) is 2. The summed E-state index contributed by atoms with van der Waals surface area (Å²) in [6.45, 7) is 3.81. The van der Waals surface area contributed by atoms with Crippen molar-refractivity contribution in [3.05, 3.63) is 34.9 Å². The molecule has 0 saturated heterocycles. The van der Waals surface area contributed by atoms with Gasteiger partial charge in [-0.1, -0.05) is 23.7 Å². The van der Waals surface area contributed by atoms with Crippen molar-refractivity contribution < 1.29 is 4.79 Å². The lowest BCUT2D eigenvalue weighted by atomic mass is 10.1. The number of halogens is 1. The predicted octanol–water partition coefficient (Wildman–Crippen LogP) is 2.21. The van der Waals surface area contributed by atoms with Gasteiger partial charge in [0.05, 0.1) is 6.04 Å². The first-order chi connectivity index (χ1) is 7.43. The Morgan fingerprint density at radius 2 is 2.06 bits per heavy atom. The third-order valence-electron chi connectivity index (χ3n) is 2.96. The molecule has 88 valence electrons. The molecule has 1 amide bonds. The van der Waals surface area contributed by atoms with Crippen LogP contribution in [0.25, 0.3) is 0 Å². The highest BCUT2D eigenvalue weighted by Gasteiger charge is 2.21. The van der Waals surface area contributed by atoms with Crippen molar-refractivity contribution in [2.75, 3.05) is 7.05 Å². The first-order valence-electron chi connectivity index (χ1n) is 5.20. The molecule has 1 aromatic carbocycles. The molecule has 0 saturated carbocycles. The van der Waals surface area contributed by atoms with Crippen molar-refractivity contribution in [2.24, 2.45) is 5.73 Å². The van der Waals surface area contributed by atoms with Crippen molar-refractivity contribution in [2.45, 2.75) is 25.9 Å².